The molecule has 0 amide bonds. The second-order valence-corrected chi connectivity index (χ2v) is 5.05. The zero-order valence-corrected chi connectivity index (χ0v) is 12.6. The molecule has 0 aromatic heterocycles. The molecule has 18 heavy (non-hydrogen) atoms. The Morgan fingerprint density at radius 1 is 1.39 bits per heavy atom. The van der Waals surface area contributed by atoms with Crippen LogP contribution in [0.5, 0.6) is 11.5 Å². The molecule has 1 unspecified atom stereocenters. The Bertz CT molecular complexity index is 385. The first kappa shape index (κ1) is 15.3. The molecule has 102 valence electrons. The first-order valence-corrected chi connectivity index (χ1v) is 6.65. The molecule has 0 bridgehead atoms. The number of methoxy groups -OCH3 is 2. The standard InChI is InChI=1S/C13H20BrNO3/c1-9(4-5-17-2)15-8-10-6-11(14)13(16)12(7-10)18-3/h6-7,9,15-16H,4-5,8H2,1-3H3. The van der Waals surface area contributed by atoms with E-state index in [1.807, 2.05) is 12.1 Å². The molecule has 4 nitrogen and oxygen atoms in total. The maximum atomic E-state index is 9.71. The Morgan fingerprint density at radius 2 is 2.11 bits per heavy atom. The number of aromatic hydroxyl groups is 1. The minimum Gasteiger partial charge on any atom is -0.503 e. The van der Waals surface area contributed by atoms with E-state index in [0.717, 1.165) is 25.1 Å². The molecule has 1 atom stereocenters. The van der Waals surface area contributed by atoms with E-state index < -0.39 is 0 Å². The van der Waals surface area contributed by atoms with Crippen LogP contribution in [0, 0.1) is 0 Å². The average molecular weight is 318 g/mol. The number of phenols is 1. The number of halogens is 1. The fourth-order valence-electron chi connectivity index (χ4n) is 1.57. The van der Waals surface area contributed by atoms with Gasteiger partial charge in [0.15, 0.2) is 11.5 Å². The monoisotopic (exact) mass is 317 g/mol. The number of phenolic OH excluding ortho intramolecular Hbond substituents is 1. The molecule has 1 aromatic carbocycles. The summed E-state index contributed by atoms with van der Waals surface area (Å²) >= 11 is 3.31. The molecule has 0 heterocycles. The molecule has 0 fully saturated rings. The lowest BCUT2D eigenvalue weighted by molar-refractivity contribution is 0.184. The molecule has 1 aromatic rings. The van der Waals surface area contributed by atoms with E-state index in [9.17, 15) is 5.11 Å². The highest BCUT2D eigenvalue weighted by Crippen LogP contribution is 2.35. The summed E-state index contributed by atoms with van der Waals surface area (Å²) in [5.41, 5.74) is 1.06. The lowest BCUT2D eigenvalue weighted by atomic mass is 10.1. The Balaban J connectivity index is 2.59. The molecular formula is C13H20BrNO3. The summed E-state index contributed by atoms with van der Waals surface area (Å²) in [5, 5.41) is 13.1. The van der Waals surface area contributed by atoms with Gasteiger partial charge in [0.25, 0.3) is 0 Å². The van der Waals surface area contributed by atoms with E-state index in [4.69, 9.17) is 9.47 Å². The molecule has 1 rings (SSSR count). The first-order chi connectivity index (χ1) is 8.58. The van der Waals surface area contributed by atoms with Crippen LogP contribution in [0.2, 0.25) is 0 Å². The summed E-state index contributed by atoms with van der Waals surface area (Å²) in [4.78, 5) is 0. The van der Waals surface area contributed by atoms with Crippen molar-refractivity contribution in [3.63, 3.8) is 0 Å². The zero-order valence-electron chi connectivity index (χ0n) is 11.0. The van der Waals surface area contributed by atoms with Crippen LogP contribution in [-0.4, -0.2) is 32.0 Å². The van der Waals surface area contributed by atoms with Crippen molar-refractivity contribution >= 4 is 15.9 Å². The van der Waals surface area contributed by atoms with Gasteiger partial charge in [-0.15, -0.1) is 0 Å². The Hall–Kier alpha value is -0.780. The van der Waals surface area contributed by atoms with Gasteiger partial charge in [0, 0.05) is 26.3 Å². The van der Waals surface area contributed by atoms with Gasteiger partial charge in [0.1, 0.15) is 0 Å². The quantitative estimate of drug-likeness (QED) is 0.811. The number of benzene rings is 1. The van der Waals surface area contributed by atoms with Crippen molar-refractivity contribution in [2.24, 2.45) is 0 Å². The predicted octanol–water partition coefficient (Wildman–Crippen LogP) is 2.68. The smallest absolute Gasteiger partial charge is 0.172 e. The number of hydrogen-bond donors (Lipinski definition) is 2. The van der Waals surface area contributed by atoms with E-state index >= 15 is 0 Å². The molecule has 0 saturated heterocycles. The highest BCUT2D eigenvalue weighted by molar-refractivity contribution is 9.10. The van der Waals surface area contributed by atoms with Crippen LogP contribution in [0.1, 0.15) is 18.9 Å². The van der Waals surface area contributed by atoms with Crippen LogP contribution >= 0.6 is 15.9 Å². The van der Waals surface area contributed by atoms with Crippen LogP contribution in [0.3, 0.4) is 0 Å². The van der Waals surface area contributed by atoms with Crippen LogP contribution < -0.4 is 10.1 Å². The first-order valence-electron chi connectivity index (χ1n) is 5.86. The Morgan fingerprint density at radius 3 is 2.72 bits per heavy atom. The number of rotatable bonds is 7. The van der Waals surface area contributed by atoms with Gasteiger partial charge in [-0.3, -0.25) is 0 Å². The number of hydrogen-bond acceptors (Lipinski definition) is 4. The lowest BCUT2D eigenvalue weighted by Crippen LogP contribution is -2.26. The molecule has 2 N–H and O–H groups in total. The van der Waals surface area contributed by atoms with Gasteiger partial charge in [0.2, 0.25) is 0 Å². The second-order valence-electron chi connectivity index (χ2n) is 4.19. The summed E-state index contributed by atoms with van der Waals surface area (Å²) in [6.07, 6.45) is 0.965. The summed E-state index contributed by atoms with van der Waals surface area (Å²) in [5.74, 6) is 0.611. The van der Waals surface area contributed by atoms with Crippen molar-refractivity contribution < 1.29 is 14.6 Å². The van der Waals surface area contributed by atoms with Crippen LogP contribution in [0.25, 0.3) is 0 Å². The number of ether oxygens (including phenoxy) is 2. The van der Waals surface area contributed by atoms with Gasteiger partial charge in [-0.2, -0.15) is 0 Å². The molecule has 0 aliphatic heterocycles. The van der Waals surface area contributed by atoms with Gasteiger partial charge in [-0.25, -0.2) is 0 Å². The van der Waals surface area contributed by atoms with E-state index in [2.05, 4.69) is 28.2 Å². The van der Waals surface area contributed by atoms with Gasteiger partial charge in [-0.1, -0.05) is 0 Å². The third-order valence-electron chi connectivity index (χ3n) is 2.72. The maximum Gasteiger partial charge on any atom is 0.172 e. The van der Waals surface area contributed by atoms with Crippen LogP contribution in [0.4, 0.5) is 0 Å². The van der Waals surface area contributed by atoms with E-state index in [1.165, 1.54) is 0 Å². The molecule has 0 saturated carbocycles. The van der Waals surface area contributed by atoms with Crippen molar-refractivity contribution in [3.05, 3.63) is 22.2 Å². The fourth-order valence-corrected chi connectivity index (χ4v) is 2.06. The third kappa shape index (κ3) is 4.48. The molecule has 0 aliphatic carbocycles. The minimum atomic E-state index is 0.133. The van der Waals surface area contributed by atoms with Crippen molar-refractivity contribution in [2.45, 2.75) is 25.9 Å². The van der Waals surface area contributed by atoms with Crippen molar-refractivity contribution in [3.8, 4) is 11.5 Å². The molecule has 0 radical (unpaired) electrons. The van der Waals surface area contributed by atoms with Crippen molar-refractivity contribution in [1.82, 2.24) is 5.32 Å². The fraction of sp³-hybridized carbons (Fsp3) is 0.538. The van der Waals surface area contributed by atoms with Crippen molar-refractivity contribution in [1.29, 1.82) is 0 Å². The summed E-state index contributed by atoms with van der Waals surface area (Å²) in [7, 11) is 3.24. The SMILES string of the molecule is COCCC(C)NCc1cc(Br)c(O)c(OC)c1. The highest BCUT2D eigenvalue weighted by atomic mass is 79.9. The molecule has 0 aliphatic rings. The van der Waals surface area contributed by atoms with E-state index in [1.54, 1.807) is 14.2 Å². The number of nitrogens with one attached hydrogen (secondary N) is 1. The third-order valence-corrected chi connectivity index (χ3v) is 3.32. The molecular weight excluding hydrogens is 298 g/mol. The van der Waals surface area contributed by atoms with Crippen molar-refractivity contribution in [2.75, 3.05) is 20.8 Å². The van der Waals surface area contributed by atoms with Gasteiger partial charge >= 0.3 is 0 Å². The minimum absolute atomic E-state index is 0.133. The Kier molecular flexibility index (Phi) is 6.46. The summed E-state index contributed by atoms with van der Waals surface area (Å²) in [6, 6.07) is 4.09. The highest BCUT2D eigenvalue weighted by Gasteiger charge is 2.09. The average Bonchev–Trinajstić information content (AvgIpc) is 2.37. The summed E-state index contributed by atoms with van der Waals surface area (Å²) in [6.45, 7) is 3.59. The molecule has 5 heteroatoms. The predicted molar refractivity (Wildman–Crippen MR) is 75.2 cm³/mol. The maximum absolute atomic E-state index is 9.71. The van der Waals surface area contributed by atoms with Crippen LogP contribution in [0.15, 0.2) is 16.6 Å². The largest absolute Gasteiger partial charge is 0.503 e. The normalized spacial score (nSPS) is 12.4. The molecule has 0 spiro atoms. The lowest BCUT2D eigenvalue weighted by Gasteiger charge is -2.14. The van der Waals surface area contributed by atoms with E-state index in [0.29, 0.717) is 16.3 Å². The summed E-state index contributed by atoms with van der Waals surface area (Å²) < 4.78 is 10.8. The van der Waals surface area contributed by atoms with Gasteiger partial charge < -0.3 is 19.9 Å². The van der Waals surface area contributed by atoms with Crippen LogP contribution in [-0.2, 0) is 11.3 Å². The zero-order chi connectivity index (χ0) is 13.5. The van der Waals surface area contributed by atoms with Gasteiger partial charge in [0.05, 0.1) is 11.6 Å². The van der Waals surface area contributed by atoms with E-state index in [-0.39, 0.29) is 5.75 Å². The second kappa shape index (κ2) is 7.61. The van der Waals surface area contributed by atoms with Gasteiger partial charge in [-0.05, 0) is 47.0 Å². The Labute approximate surface area is 116 Å². The topological polar surface area (TPSA) is 50.7 Å².